The molecule has 2 heterocycles. The number of sulfonamides is 1. The highest BCUT2D eigenvalue weighted by atomic mass is 32.2. The van der Waals surface area contributed by atoms with Crippen molar-refractivity contribution in [3.63, 3.8) is 0 Å². The third-order valence-corrected chi connectivity index (χ3v) is 4.82. The molecule has 2 rings (SSSR count). The summed E-state index contributed by atoms with van der Waals surface area (Å²) in [6, 6.07) is 0. The van der Waals surface area contributed by atoms with Gasteiger partial charge in [-0.15, -0.1) is 0 Å². The van der Waals surface area contributed by atoms with E-state index in [9.17, 15) is 8.42 Å². The van der Waals surface area contributed by atoms with Gasteiger partial charge in [0, 0.05) is 26.3 Å². The maximum atomic E-state index is 11.9. The van der Waals surface area contributed by atoms with Crippen molar-refractivity contribution in [2.24, 2.45) is 7.05 Å². The summed E-state index contributed by atoms with van der Waals surface area (Å²) in [5.74, 6) is 0. The molecule has 1 saturated heterocycles. The molecule has 0 radical (unpaired) electrons. The van der Waals surface area contributed by atoms with E-state index in [0.29, 0.717) is 25.9 Å². The Labute approximate surface area is 101 Å². The molecule has 7 heteroatoms. The van der Waals surface area contributed by atoms with E-state index >= 15 is 0 Å². The Hall–Kier alpha value is -0.920. The lowest BCUT2D eigenvalue weighted by Gasteiger charge is -2.11. The molecule has 1 unspecified atom stereocenters. The minimum Gasteiger partial charge on any atom is -0.315 e. The van der Waals surface area contributed by atoms with Crippen LogP contribution in [0.3, 0.4) is 0 Å². The van der Waals surface area contributed by atoms with Crippen LogP contribution in [0.5, 0.6) is 0 Å². The lowest BCUT2D eigenvalue weighted by Crippen LogP contribution is -2.36. The zero-order chi connectivity index (χ0) is 12.3. The van der Waals surface area contributed by atoms with Crippen LogP contribution in [0.15, 0.2) is 12.4 Å². The van der Waals surface area contributed by atoms with Crippen LogP contribution in [0.1, 0.15) is 12.0 Å². The summed E-state index contributed by atoms with van der Waals surface area (Å²) in [6.45, 7) is 1.78. The van der Waals surface area contributed by atoms with Gasteiger partial charge in [0.25, 0.3) is 0 Å². The van der Waals surface area contributed by atoms with Gasteiger partial charge in [0.2, 0.25) is 10.0 Å². The minimum atomic E-state index is -3.16. The summed E-state index contributed by atoms with van der Waals surface area (Å²) in [7, 11) is -1.32. The zero-order valence-electron chi connectivity index (χ0n) is 9.89. The number of hydrogen-bond acceptors (Lipinski definition) is 4. The second-order valence-corrected chi connectivity index (χ2v) is 6.37. The van der Waals surface area contributed by atoms with Crippen molar-refractivity contribution in [2.45, 2.75) is 18.1 Å². The van der Waals surface area contributed by atoms with E-state index in [4.69, 9.17) is 0 Å². The smallest absolute Gasteiger partial charge is 0.215 e. The first-order chi connectivity index (χ1) is 8.08. The third-order valence-electron chi connectivity index (χ3n) is 2.93. The SMILES string of the molecule is Cn1cc(CCNS(=O)(=O)C2CCNC2)cn1. The first-order valence-corrected chi connectivity index (χ1v) is 7.29. The number of aryl methyl sites for hydroxylation is 1. The number of hydrogen-bond donors (Lipinski definition) is 2. The standard InChI is InChI=1S/C10H18N4O2S/c1-14-8-9(6-12-14)2-5-13-17(15,16)10-3-4-11-7-10/h6,8,10-11,13H,2-5,7H2,1H3. The molecule has 0 bridgehead atoms. The van der Waals surface area contributed by atoms with Crippen LogP contribution in [-0.4, -0.2) is 43.1 Å². The first kappa shape index (κ1) is 12.5. The number of aromatic nitrogens is 2. The fourth-order valence-corrected chi connectivity index (χ4v) is 3.34. The Balaban J connectivity index is 1.81. The van der Waals surface area contributed by atoms with Gasteiger partial charge < -0.3 is 5.32 Å². The van der Waals surface area contributed by atoms with Crippen molar-refractivity contribution >= 4 is 10.0 Å². The highest BCUT2D eigenvalue weighted by Gasteiger charge is 2.27. The summed E-state index contributed by atoms with van der Waals surface area (Å²) in [5.41, 5.74) is 1.04. The van der Waals surface area contributed by atoms with Gasteiger partial charge in [0.1, 0.15) is 0 Å². The number of rotatable bonds is 5. The predicted octanol–water partition coefficient (Wildman–Crippen LogP) is -0.756. The van der Waals surface area contributed by atoms with Crippen LogP contribution in [0.2, 0.25) is 0 Å². The molecule has 0 aliphatic carbocycles. The Bertz CT molecular complexity index is 462. The first-order valence-electron chi connectivity index (χ1n) is 5.74. The Morgan fingerprint density at radius 1 is 1.65 bits per heavy atom. The molecule has 0 amide bonds. The lowest BCUT2D eigenvalue weighted by molar-refractivity contribution is 0.568. The van der Waals surface area contributed by atoms with Gasteiger partial charge in [-0.2, -0.15) is 5.10 Å². The Morgan fingerprint density at radius 3 is 3.06 bits per heavy atom. The molecular weight excluding hydrogens is 240 g/mol. The van der Waals surface area contributed by atoms with Gasteiger partial charge in [-0.3, -0.25) is 4.68 Å². The highest BCUT2D eigenvalue weighted by molar-refractivity contribution is 7.90. The van der Waals surface area contributed by atoms with E-state index in [0.717, 1.165) is 12.1 Å². The summed E-state index contributed by atoms with van der Waals surface area (Å²) >= 11 is 0. The topological polar surface area (TPSA) is 76.0 Å². The monoisotopic (exact) mass is 258 g/mol. The molecule has 1 aromatic heterocycles. The predicted molar refractivity (Wildman–Crippen MR) is 65.1 cm³/mol. The lowest BCUT2D eigenvalue weighted by atomic mass is 10.3. The molecule has 0 spiro atoms. The summed E-state index contributed by atoms with van der Waals surface area (Å²) in [6.07, 6.45) is 5.02. The molecule has 2 N–H and O–H groups in total. The molecule has 1 fully saturated rings. The molecule has 0 aromatic carbocycles. The Kier molecular flexibility index (Phi) is 3.80. The molecule has 96 valence electrons. The van der Waals surface area contributed by atoms with Crippen molar-refractivity contribution in [2.75, 3.05) is 19.6 Å². The van der Waals surface area contributed by atoms with E-state index in [1.807, 2.05) is 13.2 Å². The minimum absolute atomic E-state index is 0.281. The van der Waals surface area contributed by atoms with Crippen LogP contribution in [0.4, 0.5) is 0 Å². The van der Waals surface area contributed by atoms with Crippen molar-refractivity contribution in [1.82, 2.24) is 19.8 Å². The Morgan fingerprint density at radius 2 is 2.47 bits per heavy atom. The van der Waals surface area contributed by atoms with Crippen LogP contribution in [0.25, 0.3) is 0 Å². The van der Waals surface area contributed by atoms with Crippen molar-refractivity contribution in [3.05, 3.63) is 18.0 Å². The van der Waals surface area contributed by atoms with Gasteiger partial charge in [-0.25, -0.2) is 13.1 Å². The van der Waals surface area contributed by atoms with Crippen LogP contribution >= 0.6 is 0 Å². The molecule has 17 heavy (non-hydrogen) atoms. The van der Waals surface area contributed by atoms with Crippen LogP contribution < -0.4 is 10.0 Å². The van der Waals surface area contributed by atoms with Crippen molar-refractivity contribution in [1.29, 1.82) is 0 Å². The molecule has 6 nitrogen and oxygen atoms in total. The van der Waals surface area contributed by atoms with Crippen LogP contribution in [0, 0.1) is 0 Å². The maximum absolute atomic E-state index is 11.9. The molecule has 0 saturated carbocycles. The fraction of sp³-hybridized carbons (Fsp3) is 0.700. The van der Waals surface area contributed by atoms with Crippen LogP contribution in [-0.2, 0) is 23.5 Å². The summed E-state index contributed by atoms with van der Waals surface area (Å²) in [5, 5.41) is 6.81. The molecule has 1 atom stereocenters. The van der Waals surface area contributed by atoms with Crippen molar-refractivity contribution < 1.29 is 8.42 Å². The van der Waals surface area contributed by atoms with Gasteiger partial charge in [-0.05, 0) is 24.9 Å². The van der Waals surface area contributed by atoms with Gasteiger partial charge in [-0.1, -0.05) is 0 Å². The summed E-state index contributed by atoms with van der Waals surface area (Å²) in [4.78, 5) is 0. The normalized spacial score (nSPS) is 20.9. The number of nitrogens with one attached hydrogen (secondary N) is 2. The van der Waals surface area contributed by atoms with Gasteiger partial charge in [0.05, 0.1) is 11.4 Å². The average Bonchev–Trinajstić information content (AvgIpc) is 2.89. The third kappa shape index (κ3) is 3.27. The van der Waals surface area contributed by atoms with E-state index in [1.54, 1.807) is 10.9 Å². The average molecular weight is 258 g/mol. The maximum Gasteiger partial charge on any atom is 0.215 e. The number of nitrogens with zero attached hydrogens (tertiary/aromatic N) is 2. The quantitative estimate of drug-likeness (QED) is 0.728. The van der Waals surface area contributed by atoms with E-state index in [-0.39, 0.29) is 5.25 Å². The van der Waals surface area contributed by atoms with E-state index < -0.39 is 10.0 Å². The zero-order valence-corrected chi connectivity index (χ0v) is 10.7. The van der Waals surface area contributed by atoms with Crippen molar-refractivity contribution in [3.8, 4) is 0 Å². The molecule has 1 aromatic rings. The second-order valence-electron chi connectivity index (χ2n) is 4.33. The fourth-order valence-electron chi connectivity index (χ4n) is 1.95. The largest absolute Gasteiger partial charge is 0.315 e. The van der Waals surface area contributed by atoms with Gasteiger partial charge in [0.15, 0.2) is 0 Å². The van der Waals surface area contributed by atoms with Gasteiger partial charge >= 0.3 is 0 Å². The molecular formula is C10H18N4O2S. The highest BCUT2D eigenvalue weighted by Crippen LogP contribution is 2.08. The molecule has 1 aliphatic heterocycles. The summed E-state index contributed by atoms with van der Waals surface area (Å²) < 4.78 is 28.1. The van der Waals surface area contributed by atoms with E-state index in [2.05, 4.69) is 15.1 Å². The molecule has 1 aliphatic rings. The second kappa shape index (κ2) is 5.16. The van der Waals surface area contributed by atoms with E-state index in [1.165, 1.54) is 0 Å².